The lowest BCUT2D eigenvalue weighted by Crippen LogP contribution is -2.36. The summed E-state index contributed by atoms with van der Waals surface area (Å²) in [5.41, 5.74) is 1.07. The molecule has 7 nitrogen and oxygen atoms in total. The summed E-state index contributed by atoms with van der Waals surface area (Å²) >= 11 is 0. The molecule has 0 bridgehead atoms. The van der Waals surface area contributed by atoms with E-state index >= 15 is 0 Å². The minimum Gasteiger partial charge on any atom is -0.392 e. The Morgan fingerprint density at radius 1 is 1.27 bits per heavy atom. The minimum absolute atomic E-state index is 0.0324. The SMILES string of the molecule is CC(C)NC(=O)Cn1ccn2nc(-c3ccc(F)cc3)c(CO)c2c1=O. The highest BCUT2D eigenvalue weighted by Crippen LogP contribution is 2.25. The van der Waals surface area contributed by atoms with Crippen molar-refractivity contribution >= 4 is 11.4 Å². The summed E-state index contributed by atoms with van der Waals surface area (Å²) in [6.45, 7) is 3.13. The van der Waals surface area contributed by atoms with Gasteiger partial charge < -0.3 is 15.0 Å². The first-order valence-corrected chi connectivity index (χ1v) is 8.17. The van der Waals surface area contributed by atoms with Gasteiger partial charge >= 0.3 is 0 Å². The van der Waals surface area contributed by atoms with Gasteiger partial charge in [-0.2, -0.15) is 5.10 Å². The molecule has 0 aliphatic rings. The number of nitrogens with one attached hydrogen (secondary N) is 1. The molecule has 8 heteroatoms. The van der Waals surface area contributed by atoms with E-state index in [1.807, 2.05) is 13.8 Å². The second kappa shape index (κ2) is 7.09. The van der Waals surface area contributed by atoms with Crippen LogP contribution in [0.5, 0.6) is 0 Å². The number of aromatic nitrogens is 3. The molecular weight excluding hydrogens is 339 g/mol. The van der Waals surface area contributed by atoms with Gasteiger partial charge in [-0.1, -0.05) is 0 Å². The van der Waals surface area contributed by atoms with Gasteiger partial charge in [0.25, 0.3) is 5.56 Å². The molecule has 3 aromatic rings. The van der Waals surface area contributed by atoms with Crippen LogP contribution in [0.25, 0.3) is 16.8 Å². The van der Waals surface area contributed by atoms with E-state index in [1.54, 1.807) is 6.20 Å². The standard InChI is InChI=1S/C18H19FN4O3/c1-11(2)20-15(25)9-22-7-8-23-17(18(22)26)14(10-24)16(21-23)12-3-5-13(19)6-4-12/h3-8,11,24H,9-10H2,1-2H3,(H,20,25). The molecule has 0 saturated carbocycles. The van der Waals surface area contributed by atoms with Gasteiger partial charge in [0, 0.05) is 29.6 Å². The van der Waals surface area contributed by atoms with Crippen LogP contribution in [0.2, 0.25) is 0 Å². The maximum atomic E-state index is 13.2. The summed E-state index contributed by atoms with van der Waals surface area (Å²) in [6.07, 6.45) is 3.02. The van der Waals surface area contributed by atoms with Crippen molar-refractivity contribution in [2.75, 3.05) is 0 Å². The van der Waals surface area contributed by atoms with Crippen molar-refractivity contribution in [2.24, 2.45) is 0 Å². The fourth-order valence-electron chi connectivity index (χ4n) is 2.79. The predicted octanol–water partition coefficient (Wildman–Crippen LogP) is 1.32. The maximum Gasteiger partial charge on any atom is 0.277 e. The number of rotatable bonds is 5. The van der Waals surface area contributed by atoms with Gasteiger partial charge in [-0.3, -0.25) is 9.59 Å². The molecule has 1 aromatic carbocycles. The number of benzene rings is 1. The van der Waals surface area contributed by atoms with E-state index in [-0.39, 0.29) is 29.8 Å². The Morgan fingerprint density at radius 2 is 1.96 bits per heavy atom. The third-order valence-corrected chi connectivity index (χ3v) is 3.90. The largest absolute Gasteiger partial charge is 0.392 e. The molecule has 0 aliphatic carbocycles. The van der Waals surface area contributed by atoms with Gasteiger partial charge in [0.05, 0.1) is 12.3 Å². The second-order valence-corrected chi connectivity index (χ2v) is 6.24. The van der Waals surface area contributed by atoms with E-state index in [0.717, 1.165) is 0 Å². The Bertz CT molecular complexity index is 1010. The predicted molar refractivity (Wildman–Crippen MR) is 94.0 cm³/mol. The molecular formula is C18H19FN4O3. The molecule has 2 N–H and O–H groups in total. The fourth-order valence-corrected chi connectivity index (χ4v) is 2.79. The number of amides is 1. The van der Waals surface area contributed by atoms with Gasteiger partial charge in [-0.15, -0.1) is 0 Å². The molecule has 0 saturated heterocycles. The average molecular weight is 358 g/mol. The number of carbonyl (C=O) groups is 1. The highest BCUT2D eigenvalue weighted by Gasteiger charge is 2.18. The number of hydrogen-bond acceptors (Lipinski definition) is 4. The zero-order valence-electron chi connectivity index (χ0n) is 14.4. The summed E-state index contributed by atoms with van der Waals surface area (Å²) in [7, 11) is 0. The van der Waals surface area contributed by atoms with Crippen LogP contribution in [0.4, 0.5) is 4.39 Å². The van der Waals surface area contributed by atoms with Gasteiger partial charge in [-0.05, 0) is 38.1 Å². The van der Waals surface area contributed by atoms with Gasteiger partial charge in [-0.25, -0.2) is 8.91 Å². The second-order valence-electron chi connectivity index (χ2n) is 6.24. The van der Waals surface area contributed by atoms with E-state index in [2.05, 4.69) is 10.4 Å². The van der Waals surface area contributed by atoms with Crippen molar-refractivity contribution in [1.29, 1.82) is 0 Å². The molecule has 26 heavy (non-hydrogen) atoms. The molecule has 0 unspecified atom stereocenters. The highest BCUT2D eigenvalue weighted by molar-refractivity contribution is 5.76. The summed E-state index contributed by atoms with van der Waals surface area (Å²) in [5.74, 6) is -0.670. The molecule has 0 spiro atoms. The van der Waals surface area contributed by atoms with E-state index in [1.165, 1.54) is 39.5 Å². The molecule has 0 aliphatic heterocycles. The van der Waals surface area contributed by atoms with Crippen molar-refractivity contribution in [3.05, 3.63) is 58.4 Å². The van der Waals surface area contributed by atoms with Crippen molar-refractivity contribution < 1.29 is 14.3 Å². The molecule has 0 fully saturated rings. The van der Waals surface area contributed by atoms with E-state index in [0.29, 0.717) is 16.8 Å². The number of halogens is 1. The maximum absolute atomic E-state index is 13.2. The summed E-state index contributed by atoms with van der Waals surface area (Å²) in [5, 5.41) is 16.8. The lowest BCUT2D eigenvalue weighted by Gasteiger charge is -2.10. The van der Waals surface area contributed by atoms with Crippen LogP contribution in [0.3, 0.4) is 0 Å². The number of aliphatic hydroxyl groups excluding tert-OH is 1. The summed E-state index contributed by atoms with van der Waals surface area (Å²) < 4.78 is 15.8. The Kier molecular flexibility index (Phi) is 4.85. The first kappa shape index (κ1) is 17.8. The molecule has 0 atom stereocenters. The van der Waals surface area contributed by atoms with Crippen LogP contribution in [0, 0.1) is 5.82 Å². The number of fused-ring (bicyclic) bond motifs is 1. The van der Waals surface area contributed by atoms with Crippen LogP contribution >= 0.6 is 0 Å². The lowest BCUT2D eigenvalue weighted by atomic mass is 10.1. The van der Waals surface area contributed by atoms with E-state index < -0.39 is 12.2 Å². The molecule has 136 valence electrons. The van der Waals surface area contributed by atoms with Crippen molar-refractivity contribution in [1.82, 2.24) is 19.5 Å². The fraction of sp³-hybridized carbons (Fsp3) is 0.278. The van der Waals surface area contributed by atoms with Crippen molar-refractivity contribution in [3.8, 4) is 11.3 Å². The quantitative estimate of drug-likeness (QED) is 0.720. The molecule has 1 amide bonds. The van der Waals surface area contributed by atoms with E-state index in [4.69, 9.17) is 0 Å². The summed E-state index contributed by atoms with van der Waals surface area (Å²) in [6, 6.07) is 5.61. The molecule has 2 aromatic heterocycles. The Labute approximate surface area is 148 Å². The van der Waals surface area contributed by atoms with Crippen molar-refractivity contribution in [3.63, 3.8) is 0 Å². The Morgan fingerprint density at radius 3 is 2.58 bits per heavy atom. The smallest absolute Gasteiger partial charge is 0.277 e. The van der Waals surface area contributed by atoms with Crippen LogP contribution in [-0.4, -0.2) is 31.2 Å². The number of aliphatic hydroxyl groups is 1. The van der Waals surface area contributed by atoms with Crippen LogP contribution in [0.1, 0.15) is 19.4 Å². The molecule has 0 radical (unpaired) electrons. The number of nitrogens with zero attached hydrogens (tertiary/aromatic N) is 3. The third-order valence-electron chi connectivity index (χ3n) is 3.90. The Hall–Kier alpha value is -3.00. The van der Waals surface area contributed by atoms with Gasteiger partial charge in [0.15, 0.2) is 0 Å². The minimum atomic E-state index is -0.434. The number of carbonyl (C=O) groups excluding carboxylic acids is 1. The molecule has 2 heterocycles. The monoisotopic (exact) mass is 358 g/mol. The van der Waals surface area contributed by atoms with Gasteiger partial charge in [0.1, 0.15) is 17.9 Å². The first-order valence-electron chi connectivity index (χ1n) is 8.17. The number of hydrogen-bond donors (Lipinski definition) is 2. The van der Waals surface area contributed by atoms with Crippen LogP contribution < -0.4 is 10.9 Å². The van der Waals surface area contributed by atoms with Crippen LogP contribution in [-0.2, 0) is 17.9 Å². The van der Waals surface area contributed by atoms with Crippen LogP contribution in [0.15, 0.2) is 41.5 Å². The third kappa shape index (κ3) is 3.36. The lowest BCUT2D eigenvalue weighted by molar-refractivity contribution is -0.122. The van der Waals surface area contributed by atoms with Crippen molar-refractivity contribution in [2.45, 2.75) is 33.0 Å². The highest BCUT2D eigenvalue weighted by atomic mass is 19.1. The Balaban J connectivity index is 2.09. The zero-order chi connectivity index (χ0) is 18.8. The van der Waals surface area contributed by atoms with E-state index in [9.17, 15) is 19.1 Å². The van der Waals surface area contributed by atoms with Gasteiger partial charge in [0.2, 0.25) is 5.91 Å². The zero-order valence-corrected chi connectivity index (χ0v) is 14.4. The normalized spacial score (nSPS) is 11.3. The topological polar surface area (TPSA) is 88.6 Å². The first-order chi connectivity index (χ1) is 12.4. The molecule has 3 rings (SSSR count). The summed E-state index contributed by atoms with van der Waals surface area (Å²) in [4.78, 5) is 24.7. The average Bonchev–Trinajstić information content (AvgIpc) is 2.96.